The molecule has 0 heterocycles. The third-order valence-electron chi connectivity index (χ3n) is 2.57. The van der Waals surface area contributed by atoms with Crippen LogP contribution >= 0.6 is 0 Å². The average molecular weight is 177 g/mol. The second-order valence-electron chi connectivity index (χ2n) is 3.58. The van der Waals surface area contributed by atoms with E-state index in [-0.39, 0.29) is 6.04 Å². The molecule has 0 unspecified atom stereocenters. The first kappa shape index (κ1) is 8.73. The lowest BCUT2D eigenvalue weighted by Crippen LogP contribution is -2.45. The Bertz CT molecular complexity index is 260. The van der Waals surface area contributed by atoms with Crippen molar-refractivity contribution >= 4 is 0 Å². The number of hydrogen-bond acceptors (Lipinski definition) is 2. The largest absolute Gasteiger partial charge is 0.372 e. The molecule has 0 spiro atoms. The van der Waals surface area contributed by atoms with Gasteiger partial charge in [-0.2, -0.15) is 0 Å². The summed E-state index contributed by atoms with van der Waals surface area (Å²) in [6.45, 7) is 0.694. The molecule has 0 saturated heterocycles. The van der Waals surface area contributed by atoms with Crippen LogP contribution in [0.3, 0.4) is 0 Å². The van der Waals surface area contributed by atoms with Gasteiger partial charge in [-0.15, -0.1) is 0 Å². The van der Waals surface area contributed by atoms with Crippen LogP contribution in [0.5, 0.6) is 0 Å². The van der Waals surface area contributed by atoms with Crippen LogP contribution in [0.4, 0.5) is 0 Å². The van der Waals surface area contributed by atoms with Gasteiger partial charge in [-0.05, 0) is 18.4 Å². The summed E-state index contributed by atoms with van der Waals surface area (Å²) in [4.78, 5) is 0. The van der Waals surface area contributed by atoms with Gasteiger partial charge in [0.1, 0.15) is 0 Å². The van der Waals surface area contributed by atoms with E-state index in [1.165, 1.54) is 5.56 Å². The molecule has 1 aromatic rings. The van der Waals surface area contributed by atoms with E-state index in [1.54, 1.807) is 0 Å². The fourth-order valence-electron chi connectivity index (χ4n) is 1.48. The Morgan fingerprint density at radius 3 is 2.54 bits per heavy atom. The molecule has 2 rings (SSSR count). The molecule has 0 bridgehead atoms. The predicted octanol–water partition coefficient (Wildman–Crippen LogP) is 1.69. The zero-order valence-electron chi connectivity index (χ0n) is 7.65. The summed E-state index contributed by atoms with van der Waals surface area (Å²) in [5, 5.41) is 0. The Balaban J connectivity index is 1.80. The Labute approximate surface area is 78.7 Å². The molecule has 1 saturated carbocycles. The monoisotopic (exact) mass is 177 g/mol. The third kappa shape index (κ3) is 2.08. The minimum Gasteiger partial charge on any atom is -0.372 e. The number of benzene rings is 1. The van der Waals surface area contributed by atoms with E-state index in [0.717, 1.165) is 12.8 Å². The highest BCUT2D eigenvalue weighted by atomic mass is 16.5. The number of hydrogen-bond donors (Lipinski definition) is 1. The summed E-state index contributed by atoms with van der Waals surface area (Å²) in [5.74, 6) is 0. The van der Waals surface area contributed by atoms with Crippen molar-refractivity contribution in [3.8, 4) is 0 Å². The SMILES string of the molecule is N[C@H]1CC[C@H]1OCc1ccccc1. The van der Waals surface area contributed by atoms with Gasteiger partial charge in [-0.3, -0.25) is 0 Å². The Morgan fingerprint density at radius 1 is 1.23 bits per heavy atom. The first-order valence-corrected chi connectivity index (χ1v) is 4.77. The van der Waals surface area contributed by atoms with Crippen LogP contribution in [0.2, 0.25) is 0 Å². The fourth-order valence-corrected chi connectivity index (χ4v) is 1.48. The van der Waals surface area contributed by atoms with Gasteiger partial charge in [-0.25, -0.2) is 0 Å². The van der Waals surface area contributed by atoms with E-state index < -0.39 is 0 Å². The number of rotatable bonds is 3. The Hall–Kier alpha value is -0.860. The van der Waals surface area contributed by atoms with Crippen molar-refractivity contribution in [3.63, 3.8) is 0 Å². The maximum absolute atomic E-state index is 5.76. The molecule has 2 N–H and O–H groups in total. The molecule has 70 valence electrons. The van der Waals surface area contributed by atoms with Crippen LogP contribution in [0.15, 0.2) is 30.3 Å². The molecule has 2 atom stereocenters. The molecule has 13 heavy (non-hydrogen) atoms. The topological polar surface area (TPSA) is 35.2 Å². The lowest BCUT2D eigenvalue weighted by Gasteiger charge is -2.33. The summed E-state index contributed by atoms with van der Waals surface area (Å²) in [6, 6.07) is 10.5. The predicted molar refractivity (Wildman–Crippen MR) is 52.2 cm³/mol. The minimum absolute atomic E-state index is 0.267. The fraction of sp³-hybridized carbons (Fsp3) is 0.455. The standard InChI is InChI=1S/C11H15NO/c12-10-6-7-11(10)13-8-9-4-2-1-3-5-9/h1-5,10-11H,6-8,12H2/t10-,11+/m0/s1. The van der Waals surface area contributed by atoms with Crippen molar-refractivity contribution in [2.75, 3.05) is 0 Å². The van der Waals surface area contributed by atoms with Crippen LogP contribution in [0.25, 0.3) is 0 Å². The molecular formula is C11H15NO. The molecule has 1 aromatic carbocycles. The normalized spacial score (nSPS) is 26.8. The molecule has 0 amide bonds. The van der Waals surface area contributed by atoms with Crippen LogP contribution < -0.4 is 5.73 Å². The highest BCUT2D eigenvalue weighted by Gasteiger charge is 2.27. The molecule has 1 aliphatic carbocycles. The van der Waals surface area contributed by atoms with Gasteiger partial charge in [0.25, 0.3) is 0 Å². The van der Waals surface area contributed by atoms with Crippen molar-refractivity contribution in [3.05, 3.63) is 35.9 Å². The van der Waals surface area contributed by atoms with Gasteiger partial charge in [0.2, 0.25) is 0 Å². The van der Waals surface area contributed by atoms with E-state index >= 15 is 0 Å². The van der Waals surface area contributed by atoms with Crippen LogP contribution in [0, 0.1) is 0 Å². The third-order valence-corrected chi connectivity index (χ3v) is 2.57. The van der Waals surface area contributed by atoms with Crippen molar-refractivity contribution < 1.29 is 4.74 Å². The second kappa shape index (κ2) is 3.90. The zero-order chi connectivity index (χ0) is 9.10. The van der Waals surface area contributed by atoms with E-state index in [2.05, 4.69) is 12.1 Å². The molecule has 2 nitrogen and oxygen atoms in total. The Morgan fingerprint density at radius 2 is 2.00 bits per heavy atom. The molecule has 0 aromatic heterocycles. The van der Waals surface area contributed by atoms with Crippen molar-refractivity contribution in [2.24, 2.45) is 5.73 Å². The zero-order valence-corrected chi connectivity index (χ0v) is 7.65. The molecule has 0 aliphatic heterocycles. The maximum Gasteiger partial charge on any atom is 0.0731 e. The lowest BCUT2D eigenvalue weighted by molar-refractivity contribution is -0.0245. The number of ether oxygens (including phenoxy) is 1. The van der Waals surface area contributed by atoms with Crippen molar-refractivity contribution in [2.45, 2.75) is 31.6 Å². The van der Waals surface area contributed by atoms with Gasteiger partial charge in [-0.1, -0.05) is 30.3 Å². The Kier molecular flexibility index (Phi) is 2.62. The highest BCUT2D eigenvalue weighted by Crippen LogP contribution is 2.22. The second-order valence-corrected chi connectivity index (χ2v) is 3.58. The van der Waals surface area contributed by atoms with Crippen molar-refractivity contribution in [1.82, 2.24) is 0 Å². The van der Waals surface area contributed by atoms with Gasteiger partial charge < -0.3 is 10.5 Å². The van der Waals surface area contributed by atoms with Crippen molar-refractivity contribution in [1.29, 1.82) is 0 Å². The van der Waals surface area contributed by atoms with E-state index in [9.17, 15) is 0 Å². The molecule has 2 heteroatoms. The summed E-state index contributed by atoms with van der Waals surface area (Å²) >= 11 is 0. The molecule has 0 radical (unpaired) electrons. The minimum atomic E-state index is 0.267. The molecule has 1 aliphatic rings. The first-order chi connectivity index (χ1) is 6.36. The van der Waals surface area contributed by atoms with Gasteiger partial charge >= 0.3 is 0 Å². The van der Waals surface area contributed by atoms with Crippen LogP contribution in [0.1, 0.15) is 18.4 Å². The summed E-state index contributed by atoms with van der Waals surface area (Å²) < 4.78 is 5.65. The lowest BCUT2D eigenvalue weighted by atomic mass is 9.90. The summed E-state index contributed by atoms with van der Waals surface area (Å²) in [6.07, 6.45) is 2.52. The first-order valence-electron chi connectivity index (χ1n) is 4.77. The van der Waals surface area contributed by atoms with Gasteiger partial charge in [0.05, 0.1) is 12.7 Å². The van der Waals surface area contributed by atoms with Crippen LogP contribution in [-0.4, -0.2) is 12.1 Å². The molecular weight excluding hydrogens is 162 g/mol. The van der Waals surface area contributed by atoms with E-state index in [0.29, 0.717) is 12.7 Å². The van der Waals surface area contributed by atoms with Crippen LogP contribution in [-0.2, 0) is 11.3 Å². The quantitative estimate of drug-likeness (QED) is 0.762. The van der Waals surface area contributed by atoms with E-state index in [4.69, 9.17) is 10.5 Å². The number of nitrogens with two attached hydrogens (primary N) is 1. The smallest absolute Gasteiger partial charge is 0.0731 e. The van der Waals surface area contributed by atoms with Gasteiger partial charge in [0, 0.05) is 6.04 Å². The molecule has 1 fully saturated rings. The highest BCUT2D eigenvalue weighted by molar-refractivity contribution is 5.13. The average Bonchev–Trinajstić information content (AvgIpc) is 2.17. The summed E-state index contributed by atoms with van der Waals surface area (Å²) in [7, 11) is 0. The van der Waals surface area contributed by atoms with E-state index in [1.807, 2.05) is 18.2 Å². The maximum atomic E-state index is 5.76. The summed E-state index contributed by atoms with van der Waals surface area (Å²) in [5.41, 5.74) is 6.99. The van der Waals surface area contributed by atoms with Gasteiger partial charge in [0.15, 0.2) is 0 Å².